The minimum absolute atomic E-state index is 0.316. The van der Waals surface area contributed by atoms with Gasteiger partial charge in [-0.15, -0.1) is 0 Å². The molecule has 0 bridgehead atoms. The Morgan fingerprint density at radius 1 is 1.15 bits per heavy atom. The fourth-order valence-corrected chi connectivity index (χ4v) is 2.40. The highest BCUT2D eigenvalue weighted by molar-refractivity contribution is 5.91. The van der Waals surface area contributed by atoms with Crippen LogP contribution in [-0.2, 0) is 0 Å². The third kappa shape index (κ3) is 2.18. The first-order valence-corrected chi connectivity index (χ1v) is 6.53. The van der Waals surface area contributed by atoms with E-state index in [9.17, 15) is 4.79 Å². The predicted molar refractivity (Wildman–Crippen MR) is 80.6 cm³/mol. The number of hydrogen-bond donors (Lipinski definition) is 1. The number of carbonyl (C=O) groups is 1. The lowest BCUT2D eigenvalue weighted by Gasteiger charge is -2.28. The molecule has 0 fully saturated rings. The Morgan fingerprint density at radius 2 is 1.90 bits per heavy atom. The summed E-state index contributed by atoms with van der Waals surface area (Å²) >= 11 is 0. The van der Waals surface area contributed by atoms with Gasteiger partial charge < -0.3 is 10.0 Å². The zero-order chi connectivity index (χ0) is 14.1. The van der Waals surface area contributed by atoms with E-state index in [1.54, 1.807) is 12.1 Å². The van der Waals surface area contributed by atoms with E-state index in [1.807, 2.05) is 12.1 Å². The first-order valence-electron chi connectivity index (χ1n) is 6.53. The molecule has 100 valence electrons. The number of anilines is 2. The van der Waals surface area contributed by atoms with Crippen LogP contribution in [0, 0.1) is 6.92 Å². The quantitative estimate of drug-likeness (QED) is 0.896. The summed E-state index contributed by atoms with van der Waals surface area (Å²) in [5, 5.41) is 9.14. The molecule has 1 N–H and O–H groups in total. The molecule has 20 heavy (non-hydrogen) atoms. The molecule has 1 heterocycles. The first-order chi connectivity index (χ1) is 9.65. The maximum Gasteiger partial charge on any atom is 0.335 e. The summed E-state index contributed by atoms with van der Waals surface area (Å²) in [5.41, 5.74) is 4.58. The maximum absolute atomic E-state index is 11.1. The minimum atomic E-state index is -0.897. The number of carboxylic acids is 1. The van der Waals surface area contributed by atoms with Gasteiger partial charge in [-0.25, -0.2) is 4.79 Å². The van der Waals surface area contributed by atoms with Crippen LogP contribution in [0.4, 0.5) is 11.4 Å². The number of fused-ring (bicyclic) bond motifs is 1. The van der Waals surface area contributed by atoms with E-state index in [2.05, 4.69) is 42.2 Å². The van der Waals surface area contributed by atoms with Gasteiger partial charge >= 0.3 is 5.97 Å². The molecule has 3 heteroatoms. The largest absolute Gasteiger partial charge is 0.478 e. The standard InChI is InChI=1S/C17H15NO2/c1-12-4-8-15(9-5-12)18-10-2-3-13-6-7-14(17(19)20)11-16(13)18/h2-9,11H,10H2,1H3,(H,19,20). The number of rotatable bonds is 2. The average molecular weight is 265 g/mol. The first kappa shape index (κ1) is 12.5. The minimum Gasteiger partial charge on any atom is -0.478 e. The van der Waals surface area contributed by atoms with Crippen molar-refractivity contribution in [2.24, 2.45) is 0 Å². The normalized spacial score (nSPS) is 13.2. The molecule has 0 saturated heterocycles. The van der Waals surface area contributed by atoms with Crippen molar-refractivity contribution in [3.63, 3.8) is 0 Å². The molecule has 0 unspecified atom stereocenters. The van der Waals surface area contributed by atoms with E-state index in [-0.39, 0.29) is 0 Å². The number of hydrogen-bond acceptors (Lipinski definition) is 2. The highest BCUT2D eigenvalue weighted by Crippen LogP contribution is 2.33. The van der Waals surface area contributed by atoms with Crippen molar-refractivity contribution in [2.45, 2.75) is 6.92 Å². The van der Waals surface area contributed by atoms with E-state index in [0.717, 1.165) is 23.5 Å². The lowest BCUT2D eigenvalue weighted by atomic mass is 10.0. The summed E-state index contributed by atoms with van der Waals surface area (Å²) in [4.78, 5) is 13.3. The zero-order valence-corrected chi connectivity index (χ0v) is 11.2. The number of benzene rings is 2. The van der Waals surface area contributed by atoms with E-state index in [1.165, 1.54) is 5.56 Å². The molecule has 0 aromatic heterocycles. The lowest BCUT2D eigenvalue weighted by Crippen LogP contribution is -2.20. The molecule has 0 amide bonds. The summed E-state index contributed by atoms with van der Waals surface area (Å²) in [7, 11) is 0. The van der Waals surface area contributed by atoms with Gasteiger partial charge in [0.15, 0.2) is 0 Å². The molecule has 0 saturated carbocycles. The van der Waals surface area contributed by atoms with Crippen molar-refractivity contribution < 1.29 is 9.90 Å². The molecule has 0 aliphatic carbocycles. The van der Waals surface area contributed by atoms with Crippen LogP contribution in [0.25, 0.3) is 6.08 Å². The van der Waals surface area contributed by atoms with E-state index >= 15 is 0 Å². The van der Waals surface area contributed by atoms with E-state index in [4.69, 9.17) is 5.11 Å². The zero-order valence-electron chi connectivity index (χ0n) is 11.2. The number of aromatic carboxylic acids is 1. The fourth-order valence-electron chi connectivity index (χ4n) is 2.40. The van der Waals surface area contributed by atoms with Gasteiger partial charge in [0.1, 0.15) is 0 Å². The summed E-state index contributed by atoms with van der Waals surface area (Å²) < 4.78 is 0. The molecular formula is C17H15NO2. The Morgan fingerprint density at radius 3 is 2.60 bits per heavy atom. The van der Waals surface area contributed by atoms with Crippen molar-refractivity contribution in [1.82, 2.24) is 0 Å². The molecule has 1 aliphatic heterocycles. The van der Waals surface area contributed by atoms with Crippen molar-refractivity contribution in [2.75, 3.05) is 11.4 Å². The van der Waals surface area contributed by atoms with Gasteiger partial charge in [-0.2, -0.15) is 0 Å². The Bertz CT molecular complexity index is 687. The Kier molecular flexibility index (Phi) is 3.03. The second-order valence-corrected chi connectivity index (χ2v) is 4.93. The van der Waals surface area contributed by atoms with Gasteiger partial charge in [0.25, 0.3) is 0 Å². The third-order valence-electron chi connectivity index (χ3n) is 3.50. The van der Waals surface area contributed by atoms with Crippen LogP contribution in [0.5, 0.6) is 0 Å². The Balaban J connectivity index is 2.08. The van der Waals surface area contributed by atoms with E-state index in [0.29, 0.717) is 5.56 Å². The van der Waals surface area contributed by atoms with Gasteiger partial charge in [-0.3, -0.25) is 0 Å². The van der Waals surface area contributed by atoms with Crippen LogP contribution < -0.4 is 4.90 Å². The van der Waals surface area contributed by atoms with Crippen LogP contribution in [0.1, 0.15) is 21.5 Å². The number of nitrogens with zero attached hydrogens (tertiary/aromatic N) is 1. The molecule has 0 spiro atoms. The molecule has 0 radical (unpaired) electrons. The molecular weight excluding hydrogens is 250 g/mol. The third-order valence-corrected chi connectivity index (χ3v) is 3.50. The average Bonchev–Trinajstić information content (AvgIpc) is 2.47. The summed E-state index contributed by atoms with van der Waals surface area (Å²) in [6, 6.07) is 13.5. The van der Waals surface area contributed by atoms with Gasteiger partial charge in [0, 0.05) is 17.9 Å². The fraction of sp³-hybridized carbons (Fsp3) is 0.118. The predicted octanol–water partition coefficient (Wildman–Crippen LogP) is 3.86. The Hall–Kier alpha value is -2.55. The van der Waals surface area contributed by atoms with Gasteiger partial charge in [-0.05, 0) is 36.8 Å². The highest BCUT2D eigenvalue weighted by Gasteiger charge is 2.16. The summed E-state index contributed by atoms with van der Waals surface area (Å²) in [6.45, 7) is 2.80. The topological polar surface area (TPSA) is 40.5 Å². The highest BCUT2D eigenvalue weighted by atomic mass is 16.4. The smallest absolute Gasteiger partial charge is 0.335 e. The van der Waals surface area contributed by atoms with Gasteiger partial charge in [-0.1, -0.05) is 35.9 Å². The van der Waals surface area contributed by atoms with Gasteiger partial charge in [0.05, 0.1) is 5.56 Å². The summed E-state index contributed by atoms with van der Waals surface area (Å²) in [5.74, 6) is -0.897. The maximum atomic E-state index is 11.1. The van der Waals surface area contributed by atoms with Crippen molar-refractivity contribution >= 4 is 23.4 Å². The molecule has 3 nitrogen and oxygen atoms in total. The molecule has 0 atom stereocenters. The van der Waals surface area contributed by atoms with Crippen LogP contribution >= 0.6 is 0 Å². The SMILES string of the molecule is Cc1ccc(N2CC=Cc3ccc(C(=O)O)cc32)cc1. The van der Waals surface area contributed by atoms with Crippen LogP contribution in [-0.4, -0.2) is 17.6 Å². The number of carboxylic acid groups (broad SMARTS) is 1. The molecule has 2 aromatic rings. The Labute approximate surface area is 117 Å². The molecule has 1 aliphatic rings. The number of aryl methyl sites for hydroxylation is 1. The van der Waals surface area contributed by atoms with Gasteiger partial charge in [0.2, 0.25) is 0 Å². The van der Waals surface area contributed by atoms with Crippen LogP contribution in [0.3, 0.4) is 0 Å². The second-order valence-electron chi connectivity index (χ2n) is 4.93. The molecule has 2 aromatic carbocycles. The monoisotopic (exact) mass is 265 g/mol. The summed E-state index contributed by atoms with van der Waals surface area (Å²) in [6.07, 6.45) is 4.12. The van der Waals surface area contributed by atoms with E-state index < -0.39 is 5.97 Å². The van der Waals surface area contributed by atoms with Crippen LogP contribution in [0.2, 0.25) is 0 Å². The lowest BCUT2D eigenvalue weighted by molar-refractivity contribution is 0.0697. The van der Waals surface area contributed by atoms with Crippen molar-refractivity contribution in [3.05, 3.63) is 65.2 Å². The van der Waals surface area contributed by atoms with Crippen molar-refractivity contribution in [1.29, 1.82) is 0 Å². The van der Waals surface area contributed by atoms with Crippen LogP contribution in [0.15, 0.2) is 48.5 Å². The van der Waals surface area contributed by atoms with Crippen molar-refractivity contribution in [3.8, 4) is 0 Å². The second kappa shape index (κ2) is 4.85. The molecule has 3 rings (SSSR count).